The first-order valence-electron chi connectivity index (χ1n) is 3.62. The second-order valence-electron chi connectivity index (χ2n) is 2.64. The highest BCUT2D eigenvalue weighted by atomic mass is 79.9. The van der Waals surface area contributed by atoms with Crippen molar-refractivity contribution in [2.45, 2.75) is 4.21 Å². The number of halogens is 2. The molecule has 14 heavy (non-hydrogen) atoms. The fourth-order valence-electron chi connectivity index (χ4n) is 1.15. The summed E-state index contributed by atoms with van der Waals surface area (Å²) in [6.45, 7) is 0. The largest absolute Gasteiger partial charge is 0.342 e. The van der Waals surface area contributed by atoms with Crippen molar-refractivity contribution in [3.8, 4) is 0 Å². The molecule has 0 aliphatic heterocycles. The zero-order valence-corrected chi connectivity index (χ0v) is 9.92. The molecule has 0 fully saturated rings. The van der Waals surface area contributed by atoms with E-state index in [1.165, 1.54) is 0 Å². The molecule has 74 valence electrons. The van der Waals surface area contributed by atoms with Crippen LogP contribution in [0.5, 0.6) is 0 Å². The smallest absolute Gasteiger partial charge is 0.188 e. The highest BCUT2D eigenvalue weighted by Crippen LogP contribution is 2.38. The fourth-order valence-corrected chi connectivity index (χ4v) is 4.27. The monoisotopic (exact) mass is 294 g/mol. The molecule has 0 spiro atoms. The molecular weight excluding hydrogens is 291 g/mol. The Balaban J connectivity index is 2.89. The van der Waals surface area contributed by atoms with E-state index in [0.717, 1.165) is 16.0 Å². The van der Waals surface area contributed by atoms with Gasteiger partial charge in [-0.3, -0.25) is 0 Å². The molecule has 2 rings (SSSR count). The zero-order valence-electron chi connectivity index (χ0n) is 6.70. The maximum atomic E-state index is 12.8. The van der Waals surface area contributed by atoms with E-state index in [1.54, 1.807) is 24.3 Å². The summed E-state index contributed by atoms with van der Waals surface area (Å²) >= 11 is 4.00. The molecule has 0 unspecified atom stereocenters. The van der Waals surface area contributed by atoms with Gasteiger partial charge in [0, 0.05) is 10.1 Å². The highest BCUT2D eigenvalue weighted by Gasteiger charge is 2.21. The maximum Gasteiger partial charge on any atom is 0.342 e. The van der Waals surface area contributed by atoms with Crippen LogP contribution in [0.15, 0.2) is 32.9 Å². The van der Waals surface area contributed by atoms with Gasteiger partial charge in [0.2, 0.25) is 0 Å². The third kappa shape index (κ3) is 1.57. The molecule has 1 heterocycles. The van der Waals surface area contributed by atoms with Gasteiger partial charge < -0.3 is 0 Å². The number of thiophene rings is 1. The summed E-state index contributed by atoms with van der Waals surface area (Å²) in [6, 6.07) is 7.04. The quantitative estimate of drug-likeness (QED) is 0.756. The summed E-state index contributed by atoms with van der Waals surface area (Å²) in [5.74, 6) is 0. The average molecular weight is 295 g/mol. The van der Waals surface area contributed by atoms with Crippen molar-refractivity contribution in [2.75, 3.05) is 0 Å². The van der Waals surface area contributed by atoms with Gasteiger partial charge in [0.05, 0.1) is 4.47 Å². The van der Waals surface area contributed by atoms with Crippen LogP contribution < -0.4 is 0 Å². The van der Waals surface area contributed by atoms with Gasteiger partial charge in [-0.05, 0) is 22.0 Å². The van der Waals surface area contributed by atoms with Crippen LogP contribution in [-0.2, 0) is 10.2 Å². The van der Waals surface area contributed by atoms with Crippen LogP contribution in [0.2, 0.25) is 0 Å². The molecule has 0 aliphatic carbocycles. The SMILES string of the molecule is O=S(=O)(F)c1sc2ccccc2c1Br. The molecule has 1 aromatic carbocycles. The Kier molecular flexibility index (Phi) is 2.36. The van der Waals surface area contributed by atoms with E-state index < -0.39 is 10.2 Å². The predicted molar refractivity (Wildman–Crippen MR) is 57.8 cm³/mol. The van der Waals surface area contributed by atoms with Crippen LogP contribution in [-0.4, -0.2) is 8.42 Å². The highest BCUT2D eigenvalue weighted by molar-refractivity contribution is 9.10. The molecule has 0 saturated heterocycles. The van der Waals surface area contributed by atoms with Gasteiger partial charge in [-0.2, -0.15) is 8.42 Å². The van der Waals surface area contributed by atoms with Crippen LogP contribution in [0.4, 0.5) is 3.89 Å². The van der Waals surface area contributed by atoms with Crippen LogP contribution >= 0.6 is 27.3 Å². The zero-order chi connectivity index (χ0) is 10.3. The van der Waals surface area contributed by atoms with E-state index in [4.69, 9.17) is 0 Å². The molecule has 0 aliphatic rings. The Morgan fingerprint density at radius 2 is 1.93 bits per heavy atom. The molecule has 0 atom stereocenters. The van der Waals surface area contributed by atoms with Gasteiger partial charge in [0.1, 0.15) is 0 Å². The second kappa shape index (κ2) is 3.29. The Hall–Kier alpha value is -0.460. The van der Waals surface area contributed by atoms with Gasteiger partial charge in [0.25, 0.3) is 0 Å². The molecule has 2 aromatic rings. The first-order chi connectivity index (χ1) is 6.50. The Morgan fingerprint density at radius 3 is 2.50 bits per heavy atom. The minimum atomic E-state index is -4.62. The first-order valence-corrected chi connectivity index (χ1v) is 6.61. The maximum absolute atomic E-state index is 12.8. The van der Waals surface area contributed by atoms with Crippen molar-refractivity contribution in [1.82, 2.24) is 0 Å². The molecule has 0 bridgehead atoms. The molecule has 1 aromatic heterocycles. The van der Waals surface area contributed by atoms with Crippen LogP contribution in [0.3, 0.4) is 0 Å². The Labute approximate surface area is 92.7 Å². The number of hydrogen-bond acceptors (Lipinski definition) is 3. The minimum absolute atomic E-state index is 0.265. The summed E-state index contributed by atoms with van der Waals surface area (Å²) in [4.78, 5) is 0. The molecule has 0 saturated carbocycles. The molecule has 0 N–H and O–H groups in total. The summed E-state index contributed by atoms with van der Waals surface area (Å²) in [6.07, 6.45) is 0. The van der Waals surface area contributed by atoms with Gasteiger partial charge >= 0.3 is 10.2 Å². The van der Waals surface area contributed by atoms with Crippen LogP contribution in [0, 0.1) is 0 Å². The van der Waals surface area contributed by atoms with E-state index in [9.17, 15) is 12.3 Å². The van der Waals surface area contributed by atoms with Crippen molar-refractivity contribution in [3.05, 3.63) is 28.7 Å². The van der Waals surface area contributed by atoms with Crippen molar-refractivity contribution in [1.29, 1.82) is 0 Å². The first kappa shape index (κ1) is 10.1. The van der Waals surface area contributed by atoms with E-state index in [-0.39, 0.29) is 4.21 Å². The summed E-state index contributed by atoms with van der Waals surface area (Å²) < 4.78 is 35.0. The molecule has 0 radical (unpaired) electrons. The lowest BCUT2D eigenvalue weighted by molar-refractivity contribution is 0.554. The van der Waals surface area contributed by atoms with E-state index in [0.29, 0.717) is 9.86 Å². The van der Waals surface area contributed by atoms with Crippen molar-refractivity contribution in [2.24, 2.45) is 0 Å². The second-order valence-corrected chi connectivity index (χ2v) is 6.03. The van der Waals surface area contributed by atoms with E-state index in [1.807, 2.05) is 0 Å². The average Bonchev–Trinajstić information content (AvgIpc) is 2.44. The van der Waals surface area contributed by atoms with Gasteiger partial charge in [-0.1, -0.05) is 22.1 Å². The topological polar surface area (TPSA) is 34.1 Å². The van der Waals surface area contributed by atoms with Gasteiger partial charge in [-0.25, -0.2) is 0 Å². The normalized spacial score (nSPS) is 12.1. The van der Waals surface area contributed by atoms with Gasteiger partial charge in [0.15, 0.2) is 4.21 Å². The number of benzene rings is 1. The minimum Gasteiger partial charge on any atom is -0.188 e. The van der Waals surface area contributed by atoms with Crippen LogP contribution in [0.1, 0.15) is 0 Å². The molecule has 2 nitrogen and oxygen atoms in total. The van der Waals surface area contributed by atoms with Crippen molar-refractivity contribution in [3.63, 3.8) is 0 Å². The van der Waals surface area contributed by atoms with Crippen molar-refractivity contribution < 1.29 is 12.3 Å². The summed E-state index contributed by atoms with van der Waals surface area (Å²) in [7, 11) is -4.62. The lowest BCUT2D eigenvalue weighted by Crippen LogP contribution is -1.87. The Morgan fingerprint density at radius 1 is 1.29 bits per heavy atom. The standard InChI is InChI=1S/C8H4BrFO2S2/c9-7-5-3-1-2-4-6(5)13-8(7)14(10,11)12/h1-4H. The molecule has 0 amide bonds. The molecule has 6 heteroatoms. The predicted octanol–water partition coefficient (Wildman–Crippen LogP) is 3.32. The third-order valence-corrected chi connectivity index (χ3v) is 5.54. The van der Waals surface area contributed by atoms with Gasteiger partial charge in [-0.15, -0.1) is 11.3 Å². The third-order valence-electron chi connectivity index (χ3n) is 1.73. The number of hydrogen-bond donors (Lipinski definition) is 0. The fraction of sp³-hybridized carbons (Fsp3) is 0. The summed E-state index contributed by atoms with van der Waals surface area (Å²) in [5.41, 5.74) is 0. The van der Waals surface area contributed by atoms with E-state index in [2.05, 4.69) is 15.9 Å². The lowest BCUT2D eigenvalue weighted by Gasteiger charge is -1.89. The number of rotatable bonds is 1. The Bertz CT molecular complexity index is 588. The van der Waals surface area contributed by atoms with E-state index >= 15 is 0 Å². The van der Waals surface area contributed by atoms with Crippen molar-refractivity contribution >= 4 is 47.6 Å². The van der Waals surface area contributed by atoms with Crippen LogP contribution in [0.25, 0.3) is 10.1 Å². The number of fused-ring (bicyclic) bond motifs is 1. The summed E-state index contributed by atoms with van der Waals surface area (Å²) in [5, 5.41) is 0.716. The lowest BCUT2D eigenvalue weighted by atomic mass is 10.3. The molecular formula is C8H4BrFO2S2.